The van der Waals surface area contributed by atoms with Crippen LogP contribution in [-0.2, 0) is 11.3 Å². The van der Waals surface area contributed by atoms with Gasteiger partial charge in [-0.3, -0.25) is 9.59 Å². The van der Waals surface area contributed by atoms with Gasteiger partial charge in [-0.05, 0) is 31.2 Å². The Hall–Kier alpha value is -2.34. The molecule has 4 nitrogen and oxygen atoms in total. The molecule has 2 aromatic rings. The molecule has 2 aromatic carbocycles. The zero-order valence-corrected chi connectivity index (χ0v) is 13.2. The summed E-state index contributed by atoms with van der Waals surface area (Å²) in [6.45, 7) is 1.94. The van der Waals surface area contributed by atoms with Crippen LogP contribution < -0.4 is 10.6 Å². The molecule has 6 heteroatoms. The minimum Gasteiger partial charge on any atom is -0.348 e. The number of carbonyl (C=O) groups excluding carboxylic acids is 2. The number of thioether (sulfide) groups is 1. The first-order chi connectivity index (χ1) is 11.0. The van der Waals surface area contributed by atoms with Gasteiger partial charge in [-0.1, -0.05) is 18.2 Å². The van der Waals surface area contributed by atoms with Crippen LogP contribution in [0, 0.1) is 5.82 Å². The molecule has 0 aliphatic carbocycles. The number of carbonyl (C=O) groups is 2. The summed E-state index contributed by atoms with van der Waals surface area (Å²) in [5.41, 5.74) is 1.49. The normalized spacial score (nSPS) is 16.4. The van der Waals surface area contributed by atoms with Crippen LogP contribution in [0.15, 0.2) is 47.4 Å². The molecule has 0 saturated heterocycles. The third kappa shape index (κ3) is 3.37. The fraction of sp³-hybridized carbons (Fsp3) is 0.176. The van der Waals surface area contributed by atoms with Crippen LogP contribution in [-0.4, -0.2) is 17.1 Å². The number of rotatable bonds is 3. The molecule has 0 saturated carbocycles. The van der Waals surface area contributed by atoms with Crippen molar-refractivity contribution in [2.75, 3.05) is 5.32 Å². The highest BCUT2D eigenvalue weighted by molar-refractivity contribution is 8.00. The average Bonchev–Trinajstić information content (AvgIpc) is 2.54. The third-order valence-electron chi connectivity index (χ3n) is 3.57. The summed E-state index contributed by atoms with van der Waals surface area (Å²) < 4.78 is 13.5. The zero-order valence-electron chi connectivity index (χ0n) is 12.4. The first kappa shape index (κ1) is 15.6. The predicted octanol–water partition coefficient (Wildman–Crippen LogP) is 3.19. The number of benzene rings is 2. The van der Waals surface area contributed by atoms with Gasteiger partial charge in [-0.2, -0.15) is 0 Å². The highest BCUT2D eigenvalue weighted by atomic mass is 32.2. The van der Waals surface area contributed by atoms with E-state index in [9.17, 15) is 14.0 Å². The standard InChI is InChI=1S/C17H15FN2O2S/c1-10-16(21)20-14-8-11(6-7-15(14)23-10)17(22)19-9-12-4-2-3-5-13(12)18/h2-8,10H,9H2,1H3,(H,19,22)(H,20,21). The Morgan fingerprint density at radius 1 is 1.30 bits per heavy atom. The predicted molar refractivity (Wildman–Crippen MR) is 88.0 cm³/mol. The van der Waals surface area contributed by atoms with Crippen molar-refractivity contribution in [1.29, 1.82) is 0 Å². The Balaban J connectivity index is 1.72. The van der Waals surface area contributed by atoms with Crippen molar-refractivity contribution in [2.45, 2.75) is 23.6 Å². The van der Waals surface area contributed by atoms with Gasteiger partial charge in [0.15, 0.2) is 0 Å². The van der Waals surface area contributed by atoms with E-state index in [1.165, 1.54) is 17.8 Å². The molecule has 0 radical (unpaired) electrons. The number of anilines is 1. The highest BCUT2D eigenvalue weighted by Crippen LogP contribution is 2.35. The summed E-state index contributed by atoms with van der Waals surface area (Å²) in [6.07, 6.45) is 0. The molecule has 1 aliphatic heterocycles. The van der Waals surface area contributed by atoms with Gasteiger partial charge in [0.05, 0.1) is 10.9 Å². The van der Waals surface area contributed by atoms with Crippen LogP contribution in [0.1, 0.15) is 22.8 Å². The molecule has 2 amide bonds. The highest BCUT2D eigenvalue weighted by Gasteiger charge is 2.23. The monoisotopic (exact) mass is 330 g/mol. The lowest BCUT2D eigenvalue weighted by atomic mass is 10.1. The fourth-order valence-corrected chi connectivity index (χ4v) is 3.20. The molecule has 0 aromatic heterocycles. The average molecular weight is 330 g/mol. The second-order valence-electron chi connectivity index (χ2n) is 5.23. The van der Waals surface area contributed by atoms with E-state index < -0.39 is 0 Å². The number of hydrogen-bond donors (Lipinski definition) is 2. The van der Waals surface area contributed by atoms with Crippen molar-refractivity contribution < 1.29 is 14.0 Å². The summed E-state index contributed by atoms with van der Waals surface area (Å²) in [7, 11) is 0. The smallest absolute Gasteiger partial charge is 0.251 e. The largest absolute Gasteiger partial charge is 0.348 e. The molecule has 3 rings (SSSR count). The topological polar surface area (TPSA) is 58.2 Å². The quantitative estimate of drug-likeness (QED) is 0.909. The van der Waals surface area contributed by atoms with Crippen LogP contribution in [0.2, 0.25) is 0 Å². The molecule has 1 heterocycles. The van der Waals surface area contributed by atoms with Crippen LogP contribution in [0.25, 0.3) is 0 Å². The summed E-state index contributed by atoms with van der Waals surface area (Å²) >= 11 is 1.46. The maximum absolute atomic E-state index is 13.5. The Kier molecular flexibility index (Phi) is 4.34. The third-order valence-corrected chi connectivity index (χ3v) is 4.75. The van der Waals surface area contributed by atoms with Gasteiger partial charge >= 0.3 is 0 Å². The minimum atomic E-state index is -0.351. The van der Waals surface area contributed by atoms with E-state index in [0.29, 0.717) is 16.8 Å². The molecule has 0 bridgehead atoms. The van der Waals surface area contributed by atoms with Crippen molar-refractivity contribution in [3.8, 4) is 0 Å². The van der Waals surface area contributed by atoms with E-state index in [0.717, 1.165) is 4.90 Å². The second kappa shape index (κ2) is 6.42. The van der Waals surface area contributed by atoms with Gasteiger partial charge in [0, 0.05) is 22.6 Å². The summed E-state index contributed by atoms with van der Waals surface area (Å²) in [6, 6.07) is 11.5. The van der Waals surface area contributed by atoms with Crippen molar-refractivity contribution in [3.05, 3.63) is 59.4 Å². The molecule has 118 valence electrons. The molecule has 0 spiro atoms. The summed E-state index contributed by atoms with van der Waals surface area (Å²) in [5, 5.41) is 5.32. The Morgan fingerprint density at radius 2 is 2.09 bits per heavy atom. The first-order valence-electron chi connectivity index (χ1n) is 7.18. The van der Waals surface area contributed by atoms with Crippen molar-refractivity contribution in [3.63, 3.8) is 0 Å². The van der Waals surface area contributed by atoms with Crippen molar-refractivity contribution in [1.82, 2.24) is 5.32 Å². The first-order valence-corrected chi connectivity index (χ1v) is 8.06. The fourth-order valence-electron chi connectivity index (χ4n) is 2.27. The lowest BCUT2D eigenvalue weighted by molar-refractivity contribution is -0.115. The zero-order chi connectivity index (χ0) is 16.4. The molecular formula is C17H15FN2O2S. The van der Waals surface area contributed by atoms with Crippen LogP contribution in [0.4, 0.5) is 10.1 Å². The van der Waals surface area contributed by atoms with Gasteiger partial charge in [-0.15, -0.1) is 11.8 Å². The number of halogens is 1. The lowest BCUT2D eigenvalue weighted by Crippen LogP contribution is -2.27. The Bertz CT molecular complexity index is 779. The summed E-state index contributed by atoms with van der Waals surface area (Å²) in [4.78, 5) is 24.9. The van der Waals surface area contributed by atoms with E-state index in [4.69, 9.17) is 0 Å². The molecule has 0 fully saturated rings. The molecule has 23 heavy (non-hydrogen) atoms. The minimum absolute atomic E-state index is 0.0774. The van der Waals surface area contributed by atoms with Gasteiger partial charge in [0.2, 0.25) is 5.91 Å². The van der Waals surface area contributed by atoms with E-state index in [-0.39, 0.29) is 29.4 Å². The molecule has 1 aliphatic rings. The van der Waals surface area contributed by atoms with E-state index >= 15 is 0 Å². The number of nitrogens with one attached hydrogen (secondary N) is 2. The maximum atomic E-state index is 13.5. The molecule has 2 N–H and O–H groups in total. The maximum Gasteiger partial charge on any atom is 0.251 e. The van der Waals surface area contributed by atoms with Gasteiger partial charge in [0.1, 0.15) is 5.82 Å². The Morgan fingerprint density at radius 3 is 2.87 bits per heavy atom. The Labute approximate surface area is 137 Å². The lowest BCUT2D eigenvalue weighted by Gasteiger charge is -2.21. The number of hydrogen-bond acceptors (Lipinski definition) is 3. The van der Waals surface area contributed by atoms with E-state index in [1.54, 1.807) is 30.3 Å². The van der Waals surface area contributed by atoms with Crippen LogP contribution in [0.5, 0.6) is 0 Å². The molecule has 1 atom stereocenters. The van der Waals surface area contributed by atoms with Gasteiger partial charge in [-0.25, -0.2) is 4.39 Å². The van der Waals surface area contributed by atoms with Crippen LogP contribution in [0.3, 0.4) is 0 Å². The van der Waals surface area contributed by atoms with E-state index in [1.807, 2.05) is 13.0 Å². The van der Waals surface area contributed by atoms with Crippen LogP contribution >= 0.6 is 11.8 Å². The molecular weight excluding hydrogens is 315 g/mol. The van der Waals surface area contributed by atoms with Gasteiger partial charge in [0.25, 0.3) is 5.91 Å². The second-order valence-corrected chi connectivity index (χ2v) is 6.62. The number of fused-ring (bicyclic) bond motifs is 1. The van der Waals surface area contributed by atoms with Crippen molar-refractivity contribution in [2.24, 2.45) is 0 Å². The SMILES string of the molecule is CC1Sc2ccc(C(=O)NCc3ccccc3F)cc2NC1=O. The number of amides is 2. The van der Waals surface area contributed by atoms with Crippen molar-refractivity contribution >= 4 is 29.3 Å². The molecule has 1 unspecified atom stereocenters. The summed E-state index contributed by atoms with van der Waals surface area (Å²) in [5.74, 6) is -0.740. The van der Waals surface area contributed by atoms with E-state index in [2.05, 4.69) is 10.6 Å². The van der Waals surface area contributed by atoms with Gasteiger partial charge < -0.3 is 10.6 Å².